The summed E-state index contributed by atoms with van der Waals surface area (Å²) in [6.45, 7) is 2.82. The van der Waals surface area contributed by atoms with E-state index in [1.54, 1.807) is 43.4 Å². The lowest BCUT2D eigenvalue weighted by molar-refractivity contribution is 0.0622. The summed E-state index contributed by atoms with van der Waals surface area (Å²) in [6, 6.07) is 29.7. The number of hydrogen-bond acceptors (Lipinski definition) is 8. The number of ether oxygens (including phenoxy) is 4. The lowest BCUT2D eigenvalue weighted by atomic mass is 9.56. The molecule has 1 amide bonds. The van der Waals surface area contributed by atoms with Gasteiger partial charge in [0.1, 0.15) is 24.7 Å². The molecule has 4 aromatic carbocycles. The summed E-state index contributed by atoms with van der Waals surface area (Å²) in [4.78, 5) is 18.2. The van der Waals surface area contributed by atoms with Gasteiger partial charge in [0.05, 0.1) is 25.2 Å². The third kappa shape index (κ3) is 6.54. The van der Waals surface area contributed by atoms with E-state index < -0.39 is 27.6 Å². The largest absolute Gasteiger partial charge is 0.495 e. The lowest BCUT2D eigenvalue weighted by Gasteiger charge is -2.55. The predicted molar refractivity (Wildman–Crippen MR) is 193 cm³/mol. The first-order chi connectivity index (χ1) is 24.7. The number of piperidine rings is 1. The van der Waals surface area contributed by atoms with Gasteiger partial charge < -0.3 is 23.8 Å². The number of aryl methyl sites for hydroxylation is 1. The Kier molecular flexibility index (Phi) is 9.48. The number of sulfonamides is 1. The van der Waals surface area contributed by atoms with E-state index in [9.17, 15) is 13.2 Å². The number of allylic oxidation sites excluding steroid dienone is 1. The molecule has 1 N–H and O–H groups in total. The van der Waals surface area contributed by atoms with E-state index in [1.807, 2.05) is 73.7 Å². The van der Waals surface area contributed by atoms with Crippen molar-refractivity contribution in [3.05, 3.63) is 136 Å². The number of carbonyl (C=O) groups excluding carboxylic acids is 1. The molecule has 2 aliphatic carbocycles. The van der Waals surface area contributed by atoms with Crippen LogP contribution in [0.25, 0.3) is 0 Å². The third-order valence-electron chi connectivity index (χ3n) is 10.1. The van der Waals surface area contributed by atoms with Crippen molar-refractivity contribution >= 4 is 21.8 Å². The molecule has 0 saturated carbocycles. The van der Waals surface area contributed by atoms with Gasteiger partial charge in [-0.15, -0.1) is 0 Å². The lowest BCUT2D eigenvalue weighted by Crippen LogP contribution is -2.59. The van der Waals surface area contributed by atoms with Crippen molar-refractivity contribution in [2.75, 3.05) is 20.8 Å². The van der Waals surface area contributed by atoms with E-state index in [0.717, 1.165) is 33.4 Å². The summed E-state index contributed by atoms with van der Waals surface area (Å²) in [5, 5.41) is 4.46. The number of hydrazone groups is 1. The first kappa shape index (κ1) is 34.2. The average Bonchev–Trinajstić information content (AvgIpc) is 3.15. The second-order valence-electron chi connectivity index (χ2n) is 13.1. The van der Waals surface area contributed by atoms with Crippen LogP contribution in [0.4, 0.5) is 4.79 Å². The summed E-state index contributed by atoms with van der Waals surface area (Å²) in [7, 11) is -0.754. The fourth-order valence-corrected chi connectivity index (χ4v) is 8.51. The number of hydrogen-bond donors (Lipinski definition) is 1. The fraction of sp³-hybridized carbons (Fsp3) is 0.300. The van der Waals surface area contributed by atoms with E-state index in [0.29, 0.717) is 61.8 Å². The summed E-state index contributed by atoms with van der Waals surface area (Å²) in [5.41, 5.74) is 5.63. The predicted octanol–water partition coefficient (Wildman–Crippen LogP) is 6.82. The summed E-state index contributed by atoms with van der Waals surface area (Å²) >= 11 is 0. The van der Waals surface area contributed by atoms with E-state index >= 15 is 0 Å². The number of rotatable bonds is 10. The maximum atomic E-state index is 13.9. The van der Waals surface area contributed by atoms with Gasteiger partial charge >= 0.3 is 6.09 Å². The van der Waals surface area contributed by atoms with Crippen molar-refractivity contribution in [1.82, 2.24) is 9.73 Å². The molecule has 264 valence electrons. The Hall–Kier alpha value is -5.29. The average molecular weight is 708 g/mol. The Morgan fingerprint density at radius 2 is 1.57 bits per heavy atom. The monoisotopic (exact) mass is 707 g/mol. The third-order valence-corrected chi connectivity index (χ3v) is 11.3. The number of nitrogens with one attached hydrogen (secondary N) is 1. The molecule has 0 aromatic heterocycles. The molecule has 0 spiro atoms. The highest BCUT2D eigenvalue weighted by molar-refractivity contribution is 7.89. The van der Waals surface area contributed by atoms with Gasteiger partial charge in [-0.3, -0.25) is 0 Å². The molecule has 7 rings (SSSR count). The molecule has 1 heterocycles. The highest BCUT2D eigenvalue weighted by Gasteiger charge is 2.56. The van der Waals surface area contributed by atoms with Crippen LogP contribution in [-0.2, 0) is 44.5 Å². The topological polar surface area (TPSA) is 116 Å². The molecule has 3 aliphatic rings. The fourth-order valence-electron chi connectivity index (χ4n) is 7.68. The van der Waals surface area contributed by atoms with Gasteiger partial charge in [-0.05, 0) is 67.5 Å². The minimum Gasteiger partial charge on any atom is -0.495 e. The Morgan fingerprint density at radius 3 is 2.24 bits per heavy atom. The Bertz CT molecular complexity index is 2080. The molecule has 0 radical (unpaired) electrons. The molecule has 4 aromatic rings. The number of methoxy groups -OCH3 is 2. The zero-order chi connectivity index (χ0) is 35.6. The maximum Gasteiger partial charge on any atom is 0.410 e. The summed E-state index contributed by atoms with van der Waals surface area (Å²) < 4.78 is 51.1. The van der Waals surface area contributed by atoms with Crippen LogP contribution in [0.3, 0.4) is 0 Å². The van der Waals surface area contributed by atoms with Crippen molar-refractivity contribution in [3.8, 4) is 11.5 Å². The van der Waals surface area contributed by atoms with Gasteiger partial charge in [-0.1, -0.05) is 84.4 Å². The van der Waals surface area contributed by atoms with Crippen LogP contribution in [0.5, 0.6) is 11.5 Å². The van der Waals surface area contributed by atoms with Crippen LogP contribution in [0, 0.1) is 6.92 Å². The van der Waals surface area contributed by atoms with Crippen molar-refractivity contribution in [1.29, 1.82) is 0 Å². The van der Waals surface area contributed by atoms with Gasteiger partial charge in [0.15, 0.2) is 11.5 Å². The van der Waals surface area contributed by atoms with Gasteiger partial charge in [0.2, 0.25) is 0 Å². The minimum atomic E-state index is -3.95. The normalized spacial score (nSPS) is 20.3. The first-order valence-corrected chi connectivity index (χ1v) is 18.5. The second-order valence-corrected chi connectivity index (χ2v) is 14.8. The Morgan fingerprint density at radius 1 is 0.882 bits per heavy atom. The van der Waals surface area contributed by atoms with Crippen LogP contribution >= 0.6 is 0 Å². The number of benzene rings is 4. The van der Waals surface area contributed by atoms with Crippen LogP contribution < -0.4 is 14.3 Å². The summed E-state index contributed by atoms with van der Waals surface area (Å²) in [5.74, 6) is 1.73. The number of carbonyl (C=O) groups is 1. The molecule has 0 unspecified atom stereocenters. The molecular weight excluding hydrogens is 667 g/mol. The minimum absolute atomic E-state index is 0.111. The van der Waals surface area contributed by atoms with E-state index in [-0.39, 0.29) is 11.5 Å². The highest BCUT2D eigenvalue weighted by Crippen LogP contribution is 2.59. The second kappa shape index (κ2) is 14.1. The molecule has 1 fully saturated rings. The van der Waals surface area contributed by atoms with Gasteiger partial charge in [-0.25, -0.2) is 4.79 Å². The highest BCUT2D eigenvalue weighted by atomic mass is 32.2. The number of likely N-dealkylation sites (tertiary alicyclic amines) is 1. The molecule has 2 atom stereocenters. The maximum absolute atomic E-state index is 13.9. The van der Waals surface area contributed by atoms with Gasteiger partial charge in [-0.2, -0.15) is 18.4 Å². The van der Waals surface area contributed by atoms with Crippen LogP contribution in [0.2, 0.25) is 0 Å². The van der Waals surface area contributed by atoms with Crippen LogP contribution in [0.15, 0.2) is 118 Å². The SMILES string of the molecule is COC1=C2[C@@H]3Cc4ccc(OC)c(OCc5ccccc5)c4[C@@]2(CC/C1=N\NS(=O)(=O)c1ccc(C)cc1)CCN3C(=O)OCc1ccccc1. The van der Waals surface area contributed by atoms with Crippen molar-refractivity contribution in [2.45, 2.75) is 62.2 Å². The molecule has 10 nitrogen and oxygen atoms in total. The quantitative estimate of drug-likeness (QED) is 0.180. The van der Waals surface area contributed by atoms with Gasteiger partial charge in [0.25, 0.3) is 10.0 Å². The molecule has 1 aliphatic heterocycles. The molecule has 11 heteroatoms. The smallest absolute Gasteiger partial charge is 0.410 e. The Labute approximate surface area is 298 Å². The van der Waals surface area contributed by atoms with E-state index in [2.05, 4.69) is 16.0 Å². The Balaban J connectivity index is 1.32. The van der Waals surface area contributed by atoms with Crippen LogP contribution in [-0.4, -0.2) is 51.9 Å². The summed E-state index contributed by atoms with van der Waals surface area (Å²) in [6.07, 6.45) is 1.61. The molecule has 2 bridgehead atoms. The molecular formula is C40H41N3O7S. The zero-order valence-corrected chi connectivity index (χ0v) is 29.7. The van der Waals surface area contributed by atoms with Crippen molar-refractivity contribution in [3.63, 3.8) is 0 Å². The first-order valence-electron chi connectivity index (χ1n) is 17.0. The van der Waals surface area contributed by atoms with Crippen LogP contribution in [0.1, 0.15) is 47.1 Å². The zero-order valence-electron chi connectivity index (χ0n) is 28.9. The van der Waals surface area contributed by atoms with Gasteiger partial charge in [0, 0.05) is 23.1 Å². The standard InChI is InChI=1S/C40H41N3O7S/c1-27-14-17-31(18-15-27)51(45,46)42-41-32-20-21-40-22-23-43(39(44)50-26-29-12-8-5-9-13-29)33(36(40)37(32)48-3)24-30-16-19-34(47-2)38(35(30)40)49-25-28-10-6-4-7-11-28/h4-19,33,42H,20-26H2,1-3H3/b41-32+/t33-,40+/m0/s1. The molecule has 51 heavy (non-hydrogen) atoms. The number of amides is 1. The van der Waals surface area contributed by atoms with Crippen molar-refractivity contribution in [2.24, 2.45) is 5.10 Å². The number of fused-ring (bicyclic) bond motifs is 1. The molecule has 1 saturated heterocycles. The van der Waals surface area contributed by atoms with E-state index in [4.69, 9.17) is 18.9 Å². The van der Waals surface area contributed by atoms with E-state index in [1.165, 1.54) is 0 Å². The number of nitrogens with zero attached hydrogens (tertiary/aromatic N) is 2. The van der Waals surface area contributed by atoms with Crippen molar-refractivity contribution < 1.29 is 32.2 Å².